The molecular formula is C12H12ClNO4. The van der Waals surface area contributed by atoms with Gasteiger partial charge in [-0.05, 0) is 17.7 Å². The lowest BCUT2D eigenvalue weighted by Gasteiger charge is -2.26. The summed E-state index contributed by atoms with van der Waals surface area (Å²) in [7, 11) is 1.65. The quantitative estimate of drug-likeness (QED) is 0.850. The van der Waals surface area contributed by atoms with E-state index in [-0.39, 0.29) is 18.9 Å². The Morgan fingerprint density at radius 1 is 1.61 bits per heavy atom. The molecule has 96 valence electrons. The molecule has 0 radical (unpaired) electrons. The lowest BCUT2D eigenvalue weighted by atomic mass is 10.1. The SMILES string of the molecule is CN1C(=O)COc2ccc(C(Cl)CC(=O)O)cc21. The van der Waals surface area contributed by atoms with Gasteiger partial charge in [-0.3, -0.25) is 9.59 Å². The molecule has 0 saturated heterocycles. The number of carboxylic acids is 1. The summed E-state index contributed by atoms with van der Waals surface area (Å²) < 4.78 is 5.27. The number of ether oxygens (including phenoxy) is 1. The minimum absolute atomic E-state index is 0.0161. The van der Waals surface area contributed by atoms with E-state index in [1.807, 2.05) is 0 Å². The number of halogens is 1. The number of likely N-dealkylation sites (N-methyl/N-ethyl adjacent to an activating group) is 1. The normalized spacial score (nSPS) is 15.9. The molecule has 1 atom stereocenters. The molecule has 0 bridgehead atoms. The maximum Gasteiger partial charge on any atom is 0.305 e. The first-order chi connectivity index (χ1) is 8.49. The van der Waals surface area contributed by atoms with Crippen molar-refractivity contribution in [2.24, 2.45) is 0 Å². The Balaban J connectivity index is 2.31. The fourth-order valence-electron chi connectivity index (χ4n) is 1.76. The van der Waals surface area contributed by atoms with E-state index >= 15 is 0 Å². The molecule has 5 nitrogen and oxygen atoms in total. The van der Waals surface area contributed by atoms with Crippen LogP contribution in [0.25, 0.3) is 0 Å². The van der Waals surface area contributed by atoms with Gasteiger partial charge in [0, 0.05) is 7.05 Å². The Kier molecular flexibility index (Phi) is 3.43. The molecule has 0 fully saturated rings. The fourth-order valence-corrected chi connectivity index (χ4v) is 2.02. The van der Waals surface area contributed by atoms with Crippen LogP contribution in [0.2, 0.25) is 0 Å². The van der Waals surface area contributed by atoms with Crippen molar-refractivity contribution in [3.8, 4) is 5.75 Å². The van der Waals surface area contributed by atoms with Crippen LogP contribution in [0.4, 0.5) is 5.69 Å². The number of amides is 1. The Morgan fingerprint density at radius 3 is 3.00 bits per heavy atom. The Hall–Kier alpha value is -1.75. The highest BCUT2D eigenvalue weighted by Crippen LogP contribution is 2.35. The van der Waals surface area contributed by atoms with Crippen molar-refractivity contribution in [1.82, 2.24) is 0 Å². The zero-order valence-electron chi connectivity index (χ0n) is 9.72. The van der Waals surface area contributed by atoms with Gasteiger partial charge in [-0.25, -0.2) is 0 Å². The fraction of sp³-hybridized carbons (Fsp3) is 0.333. The third-order valence-electron chi connectivity index (χ3n) is 2.79. The predicted octanol–water partition coefficient (Wildman–Crippen LogP) is 1.80. The van der Waals surface area contributed by atoms with Crippen molar-refractivity contribution in [3.63, 3.8) is 0 Å². The highest BCUT2D eigenvalue weighted by molar-refractivity contribution is 6.21. The molecule has 0 aliphatic carbocycles. The van der Waals surface area contributed by atoms with E-state index in [0.29, 0.717) is 17.0 Å². The van der Waals surface area contributed by atoms with E-state index in [1.54, 1.807) is 25.2 Å². The first kappa shape index (κ1) is 12.7. The number of carbonyl (C=O) groups excluding carboxylic acids is 1. The number of alkyl halides is 1. The van der Waals surface area contributed by atoms with Gasteiger partial charge in [0.25, 0.3) is 5.91 Å². The van der Waals surface area contributed by atoms with E-state index < -0.39 is 11.3 Å². The summed E-state index contributed by atoms with van der Waals surface area (Å²) in [5, 5.41) is 8.08. The van der Waals surface area contributed by atoms with Crippen molar-refractivity contribution in [2.75, 3.05) is 18.6 Å². The van der Waals surface area contributed by atoms with Crippen LogP contribution in [-0.2, 0) is 9.59 Å². The molecule has 6 heteroatoms. The minimum Gasteiger partial charge on any atom is -0.482 e. The van der Waals surface area contributed by atoms with Crippen LogP contribution in [0.15, 0.2) is 18.2 Å². The second-order valence-corrected chi connectivity index (χ2v) is 4.56. The van der Waals surface area contributed by atoms with E-state index in [1.165, 1.54) is 4.90 Å². The highest BCUT2D eigenvalue weighted by atomic mass is 35.5. The standard InChI is InChI=1S/C12H12ClNO4/c1-14-9-4-7(8(13)5-12(16)17)2-3-10(9)18-6-11(14)15/h2-4,8H,5-6H2,1H3,(H,16,17). The van der Waals surface area contributed by atoms with Crippen molar-refractivity contribution >= 4 is 29.2 Å². The predicted molar refractivity (Wildman–Crippen MR) is 66.2 cm³/mol. The van der Waals surface area contributed by atoms with Crippen LogP contribution in [-0.4, -0.2) is 30.6 Å². The molecule has 1 aliphatic heterocycles. The average molecular weight is 270 g/mol. The summed E-state index contributed by atoms with van der Waals surface area (Å²) in [6.45, 7) is 0.0161. The highest BCUT2D eigenvalue weighted by Gasteiger charge is 2.23. The lowest BCUT2D eigenvalue weighted by molar-refractivity contribution is -0.137. The van der Waals surface area contributed by atoms with Gasteiger partial charge in [0.1, 0.15) is 5.75 Å². The van der Waals surface area contributed by atoms with Crippen LogP contribution in [0.3, 0.4) is 0 Å². The Labute approximate surface area is 109 Å². The van der Waals surface area contributed by atoms with Gasteiger partial charge in [-0.1, -0.05) is 6.07 Å². The number of hydrogen-bond acceptors (Lipinski definition) is 3. The van der Waals surface area contributed by atoms with Gasteiger partial charge < -0.3 is 14.7 Å². The van der Waals surface area contributed by atoms with Crippen molar-refractivity contribution in [3.05, 3.63) is 23.8 Å². The van der Waals surface area contributed by atoms with Gasteiger partial charge in [0.05, 0.1) is 17.5 Å². The van der Waals surface area contributed by atoms with E-state index in [4.69, 9.17) is 21.4 Å². The average Bonchev–Trinajstić information content (AvgIpc) is 2.33. The van der Waals surface area contributed by atoms with E-state index in [2.05, 4.69) is 0 Å². The number of carbonyl (C=O) groups is 2. The molecule has 1 unspecified atom stereocenters. The number of rotatable bonds is 3. The summed E-state index contributed by atoms with van der Waals surface area (Å²) in [4.78, 5) is 23.6. The monoisotopic (exact) mass is 269 g/mol. The summed E-state index contributed by atoms with van der Waals surface area (Å²) in [5.41, 5.74) is 1.27. The molecule has 1 aromatic rings. The summed E-state index contributed by atoms with van der Waals surface area (Å²) in [5.74, 6) is -0.516. The van der Waals surface area contributed by atoms with Gasteiger partial charge >= 0.3 is 5.97 Å². The molecule has 1 amide bonds. The van der Waals surface area contributed by atoms with Crippen molar-refractivity contribution in [2.45, 2.75) is 11.8 Å². The molecule has 0 saturated carbocycles. The Morgan fingerprint density at radius 2 is 2.33 bits per heavy atom. The summed E-state index contributed by atoms with van der Waals surface area (Å²) in [6, 6.07) is 5.10. The van der Waals surface area contributed by atoms with Crippen LogP contribution in [0, 0.1) is 0 Å². The topological polar surface area (TPSA) is 66.8 Å². The molecule has 1 aromatic carbocycles. The van der Waals surface area contributed by atoms with Crippen LogP contribution >= 0.6 is 11.6 Å². The zero-order chi connectivity index (χ0) is 13.3. The molecule has 1 aliphatic rings. The van der Waals surface area contributed by atoms with Crippen LogP contribution < -0.4 is 9.64 Å². The second-order valence-electron chi connectivity index (χ2n) is 4.03. The minimum atomic E-state index is -0.964. The maximum atomic E-state index is 11.5. The summed E-state index contributed by atoms with van der Waals surface area (Å²) >= 11 is 6.00. The van der Waals surface area contributed by atoms with Gasteiger partial charge in [0.15, 0.2) is 6.61 Å². The summed E-state index contributed by atoms with van der Waals surface area (Å²) in [6.07, 6.45) is -0.168. The number of aliphatic carboxylic acids is 1. The maximum absolute atomic E-state index is 11.5. The molecule has 1 heterocycles. The largest absolute Gasteiger partial charge is 0.482 e. The molecule has 18 heavy (non-hydrogen) atoms. The van der Waals surface area contributed by atoms with Gasteiger partial charge in [-0.15, -0.1) is 11.6 Å². The molecule has 0 spiro atoms. The van der Waals surface area contributed by atoms with Crippen LogP contribution in [0.1, 0.15) is 17.4 Å². The number of nitrogens with zero attached hydrogens (tertiary/aromatic N) is 1. The number of anilines is 1. The lowest BCUT2D eigenvalue weighted by Crippen LogP contribution is -2.35. The van der Waals surface area contributed by atoms with E-state index in [0.717, 1.165) is 0 Å². The van der Waals surface area contributed by atoms with Crippen molar-refractivity contribution in [1.29, 1.82) is 0 Å². The smallest absolute Gasteiger partial charge is 0.305 e. The molecule has 2 rings (SSSR count). The zero-order valence-corrected chi connectivity index (χ0v) is 10.5. The van der Waals surface area contributed by atoms with Gasteiger partial charge in [-0.2, -0.15) is 0 Å². The van der Waals surface area contributed by atoms with Gasteiger partial charge in [0.2, 0.25) is 0 Å². The number of benzene rings is 1. The first-order valence-electron chi connectivity index (χ1n) is 5.38. The second kappa shape index (κ2) is 4.86. The third-order valence-corrected chi connectivity index (χ3v) is 3.19. The molecular weight excluding hydrogens is 258 g/mol. The molecule has 1 N–H and O–H groups in total. The Bertz CT molecular complexity index is 503. The van der Waals surface area contributed by atoms with Crippen LogP contribution in [0.5, 0.6) is 5.75 Å². The van der Waals surface area contributed by atoms with E-state index in [9.17, 15) is 9.59 Å². The molecule has 0 aromatic heterocycles. The van der Waals surface area contributed by atoms with Crippen molar-refractivity contribution < 1.29 is 19.4 Å². The first-order valence-corrected chi connectivity index (χ1v) is 5.82. The third kappa shape index (κ3) is 2.41. The number of hydrogen-bond donors (Lipinski definition) is 1. The number of fused-ring (bicyclic) bond motifs is 1. The number of carboxylic acid groups (broad SMARTS) is 1.